The van der Waals surface area contributed by atoms with Crippen molar-refractivity contribution in [3.8, 4) is 17.2 Å². The van der Waals surface area contributed by atoms with Crippen LogP contribution in [0, 0.1) is 5.41 Å². The van der Waals surface area contributed by atoms with Gasteiger partial charge in [-0.1, -0.05) is 38.0 Å². The number of nitrogens with zero attached hydrogens (tertiary/aromatic N) is 3. The Morgan fingerprint density at radius 3 is 2.72 bits per heavy atom. The molecule has 1 amide bonds. The van der Waals surface area contributed by atoms with Gasteiger partial charge in [-0.05, 0) is 38.9 Å². The van der Waals surface area contributed by atoms with Gasteiger partial charge in [0.2, 0.25) is 17.7 Å². The number of Topliss-reactive ketones (excluding diaryl/α,β-unsaturated/α-hetero) is 1. The average molecular weight is 493 g/mol. The van der Waals surface area contributed by atoms with E-state index in [1.807, 2.05) is 51.2 Å². The smallest absolute Gasteiger partial charge is 0.229 e. The van der Waals surface area contributed by atoms with Gasteiger partial charge in [0.05, 0.1) is 29.8 Å². The second kappa shape index (κ2) is 11.2. The van der Waals surface area contributed by atoms with Crippen molar-refractivity contribution in [1.82, 2.24) is 20.2 Å². The topological polar surface area (TPSA) is 97.6 Å². The minimum atomic E-state index is -0.415. The summed E-state index contributed by atoms with van der Waals surface area (Å²) in [6.45, 7) is 5.33. The highest BCUT2D eigenvalue weighted by Gasteiger charge is 2.44. The molecule has 1 N–H and O–H groups in total. The van der Waals surface area contributed by atoms with E-state index in [0.29, 0.717) is 42.4 Å². The summed E-state index contributed by atoms with van der Waals surface area (Å²) in [6.07, 6.45) is 6.16. The lowest BCUT2D eigenvalue weighted by molar-refractivity contribution is -0.139. The lowest BCUT2D eigenvalue weighted by Crippen LogP contribution is -2.60. The Hall–Kier alpha value is -3.26. The Bertz CT molecular complexity index is 1220. The van der Waals surface area contributed by atoms with Gasteiger partial charge in [-0.3, -0.25) is 9.59 Å². The number of fused-ring (bicyclic) bond motifs is 1. The maximum Gasteiger partial charge on any atom is 0.229 e. The molecule has 0 radical (unpaired) electrons. The first-order valence-corrected chi connectivity index (χ1v) is 12.7. The summed E-state index contributed by atoms with van der Waals surface area (Å²) in [5, 5.41) is 4.17. The third-order valence-corrected chi connectivity index (χ3v) is 6.90. The van der Waals surface area contributed by atoms with E-state index in [9.17, 15) is 9.59 Å². The monoisotopic (exact) mass is 492 g/mol. The number of oxazole rings is 1. The molecule has 1 atom stereocenters. The minimum absolute atomic E-state index is 0.0106. The fraction of sp³-hybridized carbons (Fsp3) is 0.500. The summed E-state index contributed by atoms with van der Waals surface area (Å²) in [5.74, 6) is 1.77. The van der Waals surface area contributed by atoms with Gasteiger partial charge >= 0.3 is 0 Å². The van der Waals surface area contributed by atoms with Crippen LogP contribution in [0.3, 0.4) is 0 Å². The van der Waals surface area contributed by atoms with Gasteiger partial charge in [0, 0.05) is 31.3 Å². The number of aromatic nitrogens is 2. The predicted molar refractivity (Wildman–Crippen MR) is 139 cm³/mol. The van der Waals surface area contributed by atoms with Crippen LogP contribution in [0.15, 0.2) is 40.9 Å². The van der Waals surface area contributed by atoms with E-state index in [1.165, 1.54) is 0 Å². The first kappa shape index (κ1) is 25.8. The van der Waals surface area contributed by atoms with Crippen LogP contribution in [0.25, 0.3) is 22.2 Å². The number of ketones is 1. The molecular weight excluding hydrogens is 456 g/mol. The van der Waals surface area contributed by atoms with Gasteiger partial charge in [-0.25, -0.2) is 9.97 Å². The largest absolute Gasteiger partial charge is 0.480 e. The van der Waals surface area contributed by atoms with Crippen molar-refractivity contribution in [3.63, 3.8) is 0 Å². The number of hydrogen-bond donors (Lipinski definition) is 1. The summed E-state index contributed by atoms with van der Waals surface area (Å²) in [6, 6.07) is 9.46. The molecule has 1 unspecified atom stereocenters. The van der Waals surface area contributed by atoms with Crippen LogP contribution < -0.4 is 10.1 Å². The Balaban J connectivity index is 1.53. The van der Waals surface area contributed by atoms with Gasteiger partial charge in [-0.2, -0.15) is 0 Å². The molecule has 3 heterocycles. The summed E-state index contributed by atoms with van der Waals surface area (Å²) in [4.78, 5) is 36.0. The maximum absolute atomic E-state index is 13.1. The molecule has 36 heavy (non-hydrogen) atoms. The van der Waals surface area contributed by atoms with Crippen molar-refractivity contribution in [2.75, 3.05) is 27.2 Å². The van der Waals surface area contributed by atoms with Crippen molar-refractivity contribution in [2.24, 2.45) is 5.41 Å². The number of likely N-dealkylation sites (tertiary alicyclic amines) is 1. The number of benzene rings is 1. The Kier molecular flexibility index (Phi) is 8.04. The minimum Gasteiger partial charge on any atom is -0.480 e. The molecule has 1 saturated heterocycles. The third kappa shape index (κ3) is 5.75. The van der Waals surface area contributed by atoms with Gasteiger partial charge in [-0.15, -0.1) is 0 Å². The van der Waals surface area contributed by atoms with Crippen LogP contribution in [-0.4, -0.2) is 53.8 Å². The lowest BCUT2D eigenvalue weighted by atomic mass is 9.81. The fourth-order valence-electron chi connectivity index (χ4n) is 4.91. The number of rotatable bonds is 12. The number of pyridine rings is 1. The second-order valence-corrected chi connectivity index (χ2v) is 10.1. The molecule has 8 heteroatoms. The molecule has 0 aliphatic carbocycles. The zero-order valence-electron chi connectivity index (χ0n) is 21.7. The number of carbonyl (C=O) groups is 2. The molecule has 8 nitrogen and oxygen atoms in total. The van der Waals surface area contributed by atoms with Crippen molar-refractivity contribution in [3.05, 3.63) is 42.4 Å². The molecule has 2 aromatic heterocycles. The number of nitrogens with one attached hydrogen (secondary N) is 1. The van der Waals surface area contributed by atoms with Crippen molar-refractivity contribution in [2.45, 2.75) is 58.4 Å². The van der Waals surface area contributed by atoms with E-state index in [-0.39, 0.29) is 17.7 Å². The van der Waals surface area contributed by atoms with Gasteiger partial charge in [0.15, 0.2) is 5.76 Å². The molecule has 1 aliphatic rings. The number of methoxy groups -OCH3 is 1. The number of para-hydroxylation sites is 1. The van der Waals surface area contributed by atoms with Crippen molar-refractivity contribution < 1.29 is 18.7 Å². The van der Waals surface area contributed by atoms with Crippen LogP contribution in [0.4, 0.5) is 0 Å². The fourth-order valence-corrected chi connectivity index (χ4v) is 4.91. The third-order valence-electron chi connectivity index (χ3n) is 6.90. The van der Waals surface area contributed by atoms with Crippen LogP contribution in [0.1, 0.15) is 64.3 Å². The summed E-state index contributed by atoms with van der Waals surface area (Å²) >= 11 is 0. The van der Waals surface area contributed by atoms with E-state index in [0.717, 1.165) is 43.3 Å². The van der Waals surface area contributed by atoms with Crippen LogP contribution in [-0.2, 0) is 9.59 Å². The summed E-state index contributed by atoms with van der Waals surface area (Å²) < 4.78 is 11.8. The molecule has 0 saturated carbocycles. The standard InChI is InChI=1S/C28H36N4O4/c1-5-20(33)12-7-6-8-14-23(31-27(34)28(2)17-32(3)18-28)26-29-16-24(36-26)21-15-19-11-9-10-13-22(19)30-25(21)35-4/h9-11,13,15-16,23H,5-8,12,14,17-18H2,1-4H3,(H,31,34). The quantitative estimate of drug-likeness (QED) is 0.358. The number of carbonyl (C=O) groups excluding carboxylic acids is 2. The normalized spacial score (nSPS) is 15.9. The summed E-state index contributed by atoms with van der Waals surface area (Å²) in [7, 11) is 3.59. The van der Waals surface area contributed by atoms with E-state index in [2.05, 4.69) is 20.2 Å². The Labute approximate surface area is 212 Å². The van der Waals surface area contributed by atoms with E-state index < -0.39 is 5.41 Å². The number of hydrogen-bond acceptors (Lipinski definition) is 7. The van der Waals surface area contributed by atoms with E-state index in [1.54, 1.807) is 13.3 Å². The van der Waals surface area contributed by atoms with Crippen molar-refractivity contribution in [1.29, 1.82) is 0 Å². The molecule has 0 spiro atoms. The second-order valence-electron chi connectivity index (χ2n) is 10.1. The molecule has 1 aromatic carbocycles. The molecule has 192 valence electrons. The Morgan fingerprint density at radius 1 is 1.22 bits per heavy atom. The van der Waals surface area contributed by atoms with Gasteiger partial charge in [0.25, 0.3) is 0 Å². The first-order chi connectivity index (χ1) is 17.3. The predicted octanol–water partition coefficient (Wildman–Crippen LogP) is 4.94. The van der Waals surface area contributed by atoms with Gasteiger partial charge in [0.1, 0.15) is 11.8 Å². The van der Waals surface area contributed by atoms with Crippen molar-refractivity contribution >= 4 is 22.6 Å². The zero-order valence-corrected chi connectivity index (χ0v) is 21.7. The maximum atomic E-state index is 13.1. The molecule has 0 bridgehead atoms. The number of amides is 1. The highest BCUT2D eigenvalue weighted by Crippen LogP contribution is 2.35. The van der Waals surface area contributed by atoms with Crippen LogP contribution >= 0.6 is 0 Å². The van der Waals surface area contributed by atoms with Crippen LogP contribution in [0.2, 0.25) is 0 Å². The molecule has 3 aromatic rings. The molecule has 1 fully saturated rings. The zero-order chi connectivity index (χ0) is 25.7. The SMILES string of the molecule is CCC(=O)CCCCCC(NC(=O)C1(C)CN(C)C1)c1ncc(-c2cc3ccccc3nc2OC)o1. The van der Waals surface area contributed by atoms with E-state index in [4.69, 9.17) is 9.15 Å². The molecular formula is C28H36N4O4. The highest BCUT2D eigenvalue weighted by atomic mass is 16.5. The average Bonchev–Trinajstić information content (AvgIpc) is 3.35. The number of ether oxygens (including phenoxy) is 1. The summed E-state index contributed by atoms with van der Waals surface area (Å²) in [5.41, 5.74) is 1.13. The first-order valence-electron chi connectivity index (χ1n) is 12.7. The molecule has 4 rings (SSSR count). The number of unbranched alkanes of at least 4 members (excludes halogenated alkanes) is 2. The Morgan fingerprint density at radius 2 is 2.00 bits per heavy atom. The lowest BCUT2D eigenvalue weighted by Gasteiger charge is -2.45. The van der Waals surface area contributed by atoms with Gasteiger partial charge < -0.3 is 19.4 Å². The molecule has 1 aliphatic heterocycles. The van der Waals surface area contributed by atoms with E-state index >= 15 is 0 Å². The van der Waals surface area contributed by atoms with Crippen LogP contribution in [0.5, 0.6) is 5.88 Å². The highest BCUT2D eigenvalue weighted by molar-refractivity contribution is 5.85.